The SMILES string of the molecule is Cc1coc(-c2cccc(NC(=O)NCC(C)N3CCc4ccccc4C3)c2)n1. The number of carbonyl (C=O) groups is 1. The van der Waals surface area contributed by atoms with Gasteiger partial charge in [0.05, 0.1) is 5.69 Å². The van der Waals surface area contributed by atoms with Crippen LogP contribution >= 0.6 is 0 Å². The second kappa shape index (κ2) is 8.49. The highest BCUT2D eigenvalue weighted by Crippen LogP contribution is 2.22. The average Bonchev–Trinajstić information content (AvgIpc) is 3.18. The minimum atomic E-state index is -0.213. The molecule has 2 amide bonds. The maximum atomic E-state index is 12.4. The highest BCUT2D eigenvalue weighted by atomic mass is 16.3. The summed E-state index contributed by atoms with van der Waals surface area (Å²) in [6.45, 7) is 6.56. The second-order valence-corrected chi connectivity index (χ2v) is 7.55. The molecule has 0 fully saturated rings. The van der Waals surface area contributed by atoms with Crippen LogP contribution in [0.5, 0.6) is 0 Å². The molecule has 0 spiro atoms. The number of fused-ring (bicyclic) bond motifs is 1. The number of oxazole rings is 1. The molecule has 0 bridgehead atoms. The molecule has 0 saturated carbocycles. The van der Waals surface area contributed by atoms with E-state index in [2.05, 4.69) is 51.7 Å². The molecule has 6 nitrogen and oxygen atoms in total. The van der Waals surface area contributed by atoms with Gasteiger partial charge in [-0.1, -0.05) is 30.3 Å². The monoisotopic (exact) mass is 390 g/mol. The van der Waals surface area contributed by atoms with Gasteiger partial charge in [-0.25, -0.2) is 9.78 Å². The van der Waals surface area contributed by atoms with Gasteiger partial charge < -0.3 is 15.1 Å². The van der Waals surface area contributed by atoms with Gasteiger partial charge in [-0.05, 0) is 49.6 Å². The third kappa shape index (κ3) is 4.66. The summed E-state index contributed by atoms with van der Waals surface area (Å²) in [5.41, 5.74) is 5.17. The first-order chi connectivity index (χ1) is 14.1. The van der Waals surface area contributed by atoms with E-state index >= 15 is 0 Å². The van der Waals surface area contributed by atoms with Gasteiger partial charge in [-0.15, -0.1) is 0 Å². The van der Waals surface area contributed by atoms with Gasteiger partial charge in [0.25, 0.3) is 0 Å². The fraction of sp³-hybridized carbons (Fsp3) is 0.304. The third-order valence-corrected chi connectivity index (χ3v) is 5.33. The van der Waals surface area contributed by atoms with E-state index in [1.54, 1.807) is 6.26 Å². The Hall–Kier alpha value is -3.12. The Labute approximate surface area is 170 Å². The summed E-state index contributed by atoms with van der Waals surface area (Å²) in [6, 6.07) is 16.1. The van der Waals surface area contributed by atoms with E-state index in [-0.39, 0.29) is 12.1 Å². The molecule has 29 heavy (non-hydrogen) atoms. The highest BCUT2D eigenvalue weighted by Gasteiger charge is 2.20. The number of urea groups is 1. The quantitative estimate of drug-likeness (QED) is 0.684. The predicted molar refractivity (Wildman–Crippen MR) is 114 cm³/mol. The molecule has 1 aliphatic heterocycles. The van der Waals surface area contributed by atoms with Gasteiger partial charge in [0.1, 0.15) is 6.26 Å². The molecule has 2 N–H and O–H groups in total. The van der Waals surface area contributed by atoms with Crippen LogP contribution in [0.1, 0.15) is 23.7 Å². The maximum absolute atomic E-state index is 12.4. The van der Waals surface area contributed by atoms with Gasteiger partial charge in [0.2, 0.25) is 5.89 Å². The summed E-state index contributed by atoms with van der Waals surface area (Å²) in [5, 5.41) is 5.88. The van der Waals surface area contributed by atoms with Crippen molar-refractivity contribution in [1.29, 1.82) is 0 Å². The molecule has 6 heteroatoms. The standard InChI is InChI=1S/C23H26N4O2/c1-16-15-29-22(25-16)19-8-5-9-21(12-19)26-23(28)24-13-17(2)27-11-10-18-6-3-4-7-20(18)14-27/h3-9,12,15,17H,10-11,13-14H2,1-2H3,(H2,24,26,28). The number of amides is 2. The molecule has 1 unspecified atom stereocenters. The smallest absolute Gasteiger partial charge is 0.319 e. The van der Waals surface area contributed by atoms with E-state index in [9.17, 15) is 4.79 Å². The Morgan fingerprint density at radius 2 is 2.03 bits per heavy atom. The fourth-order valence-corrected chi connectivity index (χ4v) is 3.66. The van der Waals surface area contributed by atoms with Crippen molar-refractivity contribution >= 4 is 11.7 Å². The number of aromatic nitrogens is 1. The summed E-state index contributed by atoms with van der Waals surface area (Å²) in [4.78, 5) is 19.1. The summed E-state index contributed by atoms with van der Waals surface area (Å²) < 4.78 is 5.44. The van der Waals surface area contributed by atoms with Gasteiger partial charge >= 0.3 is 6.03 Å². The molecule has 1 atom stereocenters. The van der Waals surface area contributed by atoms with Crippen molar-refractivity contribution in [3.63, 3.8) is 0 Å². The molecule has 1 aromatic heterocycles. The maximum Gasteiger partial charge on any atom is 0.319 e. The van der Waals surface area contributed by atoms with Crippen molar-refractivity contribution in [2.45, 2.75) is 32.9 Å². The van der Waals surface area contributed by atoms with Crippen LogP contribution in [-0.4, -0.2) is 35.0 Å². The Balaban J connectivity index is 1.30. The lowest BCUT2D eigenvalue weighted by molar-refractivity contribution is 0.186. The third-order valence-electron chi connectivity index (χ3n) is 5.33. The molecule has 0 aliphatic carbocycles. The van der Waals surface area contributed by atoms with Crippen molar-refractivity contribution in [3.05, 3.63) is 71.6 Å². The molecule has 3 aromatic rings. The van der Waals surface area contributed by atoms with Crippen molar-refractivity contribution in [1.82, 2.24) is 15.2 Å². The number of anilines is 1. The fourth-order valence-electron chi connectivity index (χ4n) is 3.66. The van der Waals surface area contributed by atoms with E-state index in [1.165, 1.54) is 11.1 Å². The van der Waals surface area contributed by atoms with Crippen LogP contribution in [-0.2, 0) is 13.0 Å². The molecule has 2 aromatic carbocycles. The number of aryl methyl sites for hydroxylation is 1. The topological polar surface area (TPSA) is 70.4 Å². The Kier molecular flexibility index (Phi) is 5.62. The Bertz CT molecular complexity index is 998. The van der Waals surface area contributed by atoms with Gasteiger partial charge in [0.15, 0.2) is 0 Å². The van der Waals surface area contributed by atoms with Crippen LogP contribution in [0.2, 0.25) is 0 Å². The number of benzene rings is 2. The molecular weight excluding hydrogens is 364 g/mol. The Morgan fingerprint density at radius 1 is 1.21 bits per heavy atom. The van der Waals surface area contributed by atoms with Crippen LogP contribution < -0.4 is 10.6 Å². The first kappa shape index (κ1) is 19.2. The first-order valence-corrected chi connectivity index (χ1v) is 9.97. The molecule has 2 heterocycles. The summed E-state index contributed by atoms with van der Waals surface area (Å²) in [5.74, 6) is 0.547. The van der Waals surface area contributed by atoms with E-state index in [4.69, 9.17) is 4.42 Å². The molecule has 1 aliphatic rings. The number of hydrogen-bond acceptors (Lipinski definition) is 4. The zero-order chi connectivity index (χ0) is 20.2. The average molecular weight is 390 g/mol. The van der Waals surface area contributed by atoms with Crippen LogP contribution in [0.15, 0.2) is 59.2 Å². The molecule has 0 radical (unpaired) electrons. The van der Waals surface area contributed by atoms with E-state index in [0.717, 1.165) is 30.8 Å². The lowest BCUT2D eigenvalue weighted by atomic mass is 9.99. The zero-order valence-corrected chi connectivity index (χ0v) is 16.8. The number of carbonyl (C=O) groups excluding carboxylic acids is 1. The predicted octanol–water partition coefficient (Wildman–Crippen LogP) is 4.22. The minimum absolute atomic E-state index is 0.213. The zero-order valence-electron chi connectivity index (χ0n) is 16.8. The van der Waals surface area contributed by atoms with Crippen LogP contribution in [0.3, 0.4) is 0 Å². The van der Waals surface area contributed by atoms with Gasteiger partial charge in [0, 0.05) is 36.9 Å². The molecular formula is C23H26N4O2. The normalized spacial score (nSPS) is 14.8. The van der Waals surface area contributed by atoms with Crippen LogP contribution in [0.25, 0.3) is 11.5 Å². The summed E-state index contributed by atoms with van der Waals surface area (Å²) >= 11 is 0. The number of hydrogen-bond donors (Lipinski definition) is 2. The van der Waals surface area contributed by atoms with Gasteiger partial charge in [-0.3, -0.25) is 4.90 Å². The van der Waals surface area contributed by atoms with E-state index in [0.29, 0.717) is 18.1 Å². The minimum Gasteiger partial charge on any atom is -0.444 e. The Morgan fingerprint density at radius 3 is 2.83 bits per heavy atom. The number of rotatable bonds is 5. The molecule has 0 saturated heterocycles. The number of nitrogens with zero attached hydrogens (tertiary/aromatic N) is 2. The van der Waals surface area contributed by atoms with Crippen molar-refractivity contribution in [3.8, 4) is 11.5 Å². The second-order valence-electron chi connectivity index (χ2n) is 7.55. The summed E-state index contributed by atoms with van der Waals surface area (Å²) in [6.07, 6.45) is 2.67. The molecule has 4 rings (SSSR count). The lowest BCUT2D eigenvalue weighted by Crippen LogP contribution is -2.45. The van der Waals surface area contributed by atoms with E-state index < -0.39 is 0 Å². The van der Waals surface area contributed by atoms with Crippen molar-refractivity contribution in [2.24, 2.45) is 0 Å². The van der Waals surface area contributed by atoms with Gasteiger partial charge in [-0.2, -0.15) is 0 Å². The molecule has 150 valence electrons. The summed E-state index contributed by atoms with van der Waals surface area (Å²) in [7, 11) is 0. The number of nitrogens with one attached hydrogen (secondary N) is 2. The van der Waals surface area contributed by atoms with E-state index in [1.807, 2.05) is 31.2 Å². The van der Waals surface area contributed by atoms with Crippen molar-refractivity contribution in [2.75, 3.05) is 18.4 Å². The highest BCUT2D eigenvalue weighted by molar-refractivity contribution is 5.89. The first-order valence-electron chi connectivity index (χ1n) is 9.97. The lowest BCUT2D eigenvalue weighted by Gasteiger charge is -2.33. The largest absolute Gasteiger partial charge is 0.444 e. The van der Waals surface area contributed by atoms with Crippen LogP contribution in [0, 0.1) is 6.92 Å². The van der Waals surface area contributed by atoms with Crippen LogP contribution in [0.4, 0.5) is 10.5 Å². The van der Waals surface area contributed by atoms with Crippen molar-refractivity contribution < 1.29 is 9.21 Å².